The molecule has 0 aliphatic rings. The van der Waals surface area contributed by atoms with Gasteiger partial charge < -0.3 is 5.32 Å². The quantitative estimate of drug-likeness (QED) is 0.796. The summed E-state index contributed by atoms with van der Waals surface area (Å²) in [7, 11) is 0. The van der Waals surface area contributed by atoms with Gasteiger partial charge in [-0.05, 0) is 43.2 Å². The van der Waals surface area contributed by atoms with Crippen LogP contribution in [-0.4, -0.2) is 11.7 Å². The molecule has 3 nitrogen and oxygen atoms in total. The highest BCUT2D eigenvalue weighted by molar-refractivity contribution is 7.99. The van der Waals surface area contributed by atoms with Crippen LogP contribution in [0.3, 0.4) is 0 Å². The summed E-state index contributed by atoms with van der Waals surface area (Å²) in [6.45, 7) is 4.11. The van der Waals surface area contributed by atoms with E-state index in [1.54, 1.807) is 23.9 Å². The summed E-state index contributed by atoms with van der Waals surface area (Å²) < 4.78 is 13.7. The van der Waals surface area contributed by atoms with Crippen molar-refractivity contribution >= 4 is 17.7 Å². The summed E-state index contributed by atoms with van der Waals surface area (Å²) in [4.78, 5) is 13.1. The zero-order valence-electron chi connectivity index (χ0n) is 13.7. The third-order valence-electron chi connectivity index (χ3n) is 3.73. The molecule has 2 aromatic rings. The Kier molecular flexibility index (Phi) is 6.39. The maximum absolute atomic E-state index is 13.7. The van der Waals surface area contributed by atoms with Gasteiger partial charge in [0, 0.05) is 22.6 Å². The van der Waals surface area contributed by atoms with Gasteiger partial charge in [-0.1, -0.05) is 24.3 Å². The summed E-state index contributed by atoms with van der Waals surface area (Å²) in [5.41, 5.74) is 2.64. The number of benzene rings is 2. The normalized spacial score (nSPS) is 11.6. The Labute approximate surface area is 145 Å². The molecular formula is C19H19FN2OS. The van der Waals surface area contributed by atoms with Crippen molar-refractivity contribution in [2.24, 2.45) is 0 Å². The first-order chi connectivity index (χ1) is 11.5. The molecule has 5 heteroatoms. The number of nitriles is 1. The highest BCUT2D eigenvalue weighted by Crippen LogP contribution is 2.22. The molecule has 0 aliphatic heterocycles. The third-order valence-corrected chi connectivity index (χ3v) is 4.72. The number of hydrogen-bond donors (Lipinski definition) is 1. The van der Waals surface area contributed by atoms with Gasteiger partial charge in [0.25, 0.3) is 0 Å². The molecule has 0 saturated heterocycles. The molecule has 0 aliphatic carbocycles. The Morgan fingerprint density at radius 1 is 1.25 bits per heavy atom. The predicted octanol–water partition coefficient (Wildman–Crippen LogP) is 4.31. The lowest BCUT2D eigenvalue weighted by Crippen LogP contribution is -2.28. The largest absolute Gasteiger partial charge is 0.337 e. The minimum absolute atomic E-state index is 0.190. The van der Waals surface area contributed by atoms with Gasteiger partial charge in [0.2, 0.25) is 5.91 Å². The zero-order chi connectivity index (χ0) is 17.5. The average molecular weight is 342 g/mol. The van der Waals surface area contributed by atoms with E-state index in [2.05, 4.69) is 31.3 Å². The number of thioether (sulfide) groups is 1. The van der Waals surface area contributed by atoms with Crippen LogP contribution in [0.15, 0.2) is 47.4 Å². The van der Waals surface area contributed by atoms with Crippen LogP contribution in [0.25, 0.3) is 0 Å². The van der Waals surface area contributed by atoms with Crippen molar-refractivity contribution in [3.05, 3.63) is 65.0 Å². The maximum atomic E-state index is 13.7. The Balaban J connectivity index is 1.87. The third kappa shape index (κ3) is 4.84. The fourth-order valence-corrected chi connectivity index (χ4v) is 3.13. The van der Waals surface area contributed by atoms with Crippen LogP contribution in [0.5, 0.6) is 0 Å². The standard InChI is InChI=1S/C19H19FN2OS/c1-13-7-8-15(11-14(13)2)24-10-9-19(23)22-18(12-21)16-5-3-4-6-17(16)20/h3-8,11,18H,9-10H2,1-2H3,(H,22,23). The Morgan fingerprint density at radius 3 is 2.67 bits per heavy atom. The number of carbonyl (C=O) groups excluding carboxylic acids is 1. The first-order valence-corrected chi connectivity index (χ1v) is 8.63. The number of rotatable bonds is 6. The number of hydrogen-bond acceptors (Lipinski definition) is 3. The van der Waals surface area contributed by atoms with E-state index in [0.29, 0.717) is 5.75 Å². The lowest BCUT2D eigenvalue weighted by Gasteiger charge is -2.12. The molecule has 124 valence electrons. The smallest absolute Gasteiger partial charge is 0.222 e. The van der Waals surface area contributed by atoms with Crippen molar-refractivity contribution < 1.29 is 9.18 Å². The predicted molar refractivity (Wildman–Crippen MR) is 94.2 cm³/mol. The first kappa shape index (κ1) is 18.0. The van der Waals surface area contributed by atoms with Gasteiger partial charge in [-0.3, -0.25) is 4.79 Å². The van der Waals surface area contributed by atoms with E-state index in [-0.39, 0.29) is 17.9 Å². The molecule has 0 saturated carbocycles. The topological polar surface area (TPSA) is 52.9 Å². The lowest BCUT2D eigenvalue weighted by atomic mass is 10.1. The molecule has 1 unspecified atom stereocenters. The molecular weight excluding hydrogens is 323 g/mol. The molecule has 0 aromatic heterocycles. The molecule has 0 spiro atoms. The van der Waals surface area contributed by atoms with E-state index in [1.165, 1.54) is 23.3 Å². The van der Waals surface area contributed by atoms with E-state index in [9.17, 15) is 14.4 Å². The highest BCUT2D eigenvalue weighted by atomic mass is 32.2. The van der Waals surface area contributed by atoms with Gasteiger partial charge in [-0.25, -0.2) is 4.39 Å². The maximum Gasteiger partial charge on any atom is 0.222 e. The second kappa shape index (κ2) is 8.51. The Bertz CT molecular complexity index is 770. The van der Waals surface area contributed by atoms with E-state index >= 15 is 0 Å². The number of carbonyl (C=O) groups is 1. The molecule has 0 radical (unpaired) electrons. The monoisotopic (exact) mass is 342 g/mol. The van der Waals surface area contributed by atoms with Gasteiger partial charge in [0.05, 0.1) is 6.07 Å². The van der Waals surface area contributed by atoms with E-state index < -0.39 is 11.9 Å². The molecule has 0 fully saturated rings. The van der Waals surface area contributed by atoms with E-state index in [0.717, 1.165) is 4.90 Å². The van der Waals surface area contributed by atoms with Gasteiger partial charge in [0.1, 0.15) is 11.9 Å². The van der Waals surface area contributed by atoms with Crippen LogP contribution in [0.2, 0.25) is 0 Å². The minimum atomic E-state index is -0.967. The van der Waals surface area contributed by atoms with Gasteiger partial charge >= 0.3 is 0 Å². The fraction of sp³-hybridized carbons (Fsp3) is 0.263. The van der Waals surface area contributed by atoms with Gasteiger partial charge in [0.15, 0.2) is 0 Å². The molecule has 2 rings (SSSR count). The van der Waals surface area contributed by atoms with Crippen LogP contribution < -0.4 is 5.32 Å². The van der Waals surface area contributed by atoms with Crippen LogP contribution in [0.4, 0.5) is 4.39 Å². The summed E-state index contributed by atoms with van der Waals surface area (Å²) >= 11 is 1.59. The molecule has 2 aromatic carbocycles. The summed E-state index contributed by atoms with van der Waals surface area (Å²) in [6, 6.07) is 13.1. The van der Waals surface area contributed by atoms with Crippen molar-refractivity contribution in [2.45, 2.75) is 31.2 Å². The number of nitrogens with one attached hydrogen (secondary N) is 1. The summed E-state index contributed by atoms with van der Waals surface area (Å²) in [5.74, 6) is -0.154. The average Bonchev–Trinajstić information content (AvgIpc) is 2.56. The first-order valence-electron chi connectivity index (χ1n) is 7.64. The van der Waals surface area contributed by atoms with Gasteiger partial charge in [-0.15, -0.1) is 11.8 Å². The molecule has 0 bridgehead atoms. The van der Waals surface area contributed by atoms with Crippen LogP contribution in [0, 0.1) is 31.0 Å². The van der Waals surface area contributed by atoms with Crippen molar-refractivity contribution in [3.63, 3.8) is 0 Å². The molecule has 1 N–H and O–H groups in total. The number of aryl methyl sites for hydroxylation is 2. The van der Waals surface area contributed by atoms with Gasteiger partial charge in [-0.2, -0.15) is 5.26 Å². The van der Waals surface area contributed by atoms with Crippen LogP contribution >= 0.6 is 11.8 Å². The molecule has 0 heterocycles. The summed E-state index contributed by atoms with van der Waals surface area (Å²) in [5, 5.41) is 11.8. The Hall–Kier alpha value is -2.32. The zero-order valence-corrected chi connectivity index (χ0v) is 14.5. The summed E-state index contributed by atoms with van der Waals surface area (Å²) in [6.07, 6.45) is 0.268. The van der Waals surface area contributed by atoms with Crippen LogP contribution in [0.1, 0.15) is 29.2 Å². The fourth-order valence-electron chi connectivity index (χ4n) is 2.19. The molecule has 1 amide bonds. The Morgan fingerprint density at radius 2 is 2.00 bits per heavy atom. The minimum Gasteiger partial charge on any atom is -0.337 e. The number of nitrogens with zero attached hydrogens (tertiary/aromatic N) is 1. The number of amides is 1. The molecule has 24 heavy (non-hydrogen) atoms. The lowest BCUT2D eigenvalue weighted by molar-refractivity contribution is -0.121. The van der Waals surface area contributed by atoms with Crippen molar-refractivity contribution in [3.8, 4) is 6.07 Å². The number of halogens is 1. The van der Waals surface area contributed by atoms with Crippen LogP contribution in [-0.2, 0) is 4.79 Å². The highest BCUT2D eigenvalue weighted by Gasteiger charge is 2.17. The second-order valence-corrected chi connectivity index (χ2v) is 6.66. The SMILES string of the molecule is Cc1ccc(SCCC(=O)NC(C#N)c2ccccc2F)cc1C. The van der Waals surface area contributed by atoms with E-state index in [4.69, 9.17) is 0 Å². The van der Waals surface area contributed by atoms with E-state index in [1.807, 2.05) is 12.1 Å². The van der Waals surface area contributed by atoms with Crippen molar-refractivity contribution in [2.75, 3.05) is 5.75 Å². The van der Waals surface area contributed by atoms with Crippen molar-refractivity contribution in [1.82, 2.24) is 5.32 Å². The van der Waals surface area contributed by atoms with Crippen molar-refractivity contribution in [1.29, 1.82) is 5.26 Å². The second-order valence-electron chi connectivity index (χ2n) is 5.50. The molecule has 1 atom stereocenters.